The van der Waals surface area contributed by atoms with Crippen molar-refractivity contribution in [3.8, 4) is 0 Å². The Hall–Kier alpha value is -1.55. The maximum absolute atomic E-state index is 12.0. The van der Waals surface area contributed by atoms with Crippen LogP contribution in [0.5, 0.6) is 0 Å². The molecule has 0 bridgehead atoms. The minimum atomic E-state index is -0.0874. The van der Waals surface area contributed by atoms with E-state index >= 15 is 0 Å². The van der Waals surface area contributed by atoms with Crippen molar-refractivity contribution in [2.75, 3.05) is 18.0 Å². The predicted octanol–water partition coefficient (Wildman–Crippen LogP) is 3.86. The van der Waals surface area contributed by atoms with E-state index in [1.54, 1.807) is 4.90 Å². The predicted molar refractivity (Wildman–Crippen MR) is 96.0 cm³/mol. The van der Waals surface area contributed by atoms with Gasteiger partial charge in [-0.3, -0.25) is 9.59 Å². The van der Waals surface area contributed by atoms with Gasteiger partial charge >= 0.3 is 0 Å². The third kappa shape index (κ3) is 5.24. The SMILES string of the molecule is CCC(CC)C(=O)NCCN(C(C)=O)c1c(C)cc(C)cc1Cl. The zero-order valence-electron chi connectivity index (χ0n) is 14.7. The van der Waals surface area contributed by atoms with Crippen LogP contribution < -0.4 is 10.2 Å². The average molecular weight is 339 g/mol. The molecule has 0 aliphatic heterocycles. The molecule has 23 heavy (non-hydrogen) atoms. The molecule has 1 aromatic carbocycles. The molecule has 1 N–H and O–H groups in total. The summed E-state index contributed by atoms with van der Waals surface area (Å²) in [5.74, 6) is -0.00802. The van der Waals surface area contributed by atoms with Crippen LogP contribution in [0.4, 0.5) is 5.69 Å². The Kier molecular flexibility index (Phi) is 7.56. The Labute approximate surface area is 144 Å². The number of halogens is 1. The number of nitrogens with one attached hydrogen (secondary N) is 1. The summed E-state index contributed by atoms with van der Waals surface area (Å²) >= 11 is 6.33. The molecule has 0 heterocycles. The van der Waals surface area contributed by atoms with Crippen LogP contribution in [0.1, 0.15) is 44.7 Å². The lowest BCUT2D eigenvalue weighted by atomic mass is 10.0. The standard InChI is InChI=1S/C18H27ClN2O2/c1-6-15(7-2)18(23)20-8-9-21(14(5)22)17-13(4)10-12(3)11-16(17)19/h10-11,15H,6-9H2,1-5H3,(H,20,23). The van der Waals surface area contributed by atoms with E-state index in [2.05, 4.69) is 5.32 Å². The molecule has 0 spiro atoms. The van der Waals surface area contributed by atoms with Crippen LogP contribution in [-0.2, 0) is 9.59 Å². The van der Waals surface area contributed by atoms with Gasteiger partial charge in [0.1, 0.15) is 0 Å². The molecule has 0 fully saturated rings. The number of carbonyl (C=O) groups excluding carboxylic acids is 2. The van der Waals surface area contributed by atoms with Gasteiger partial charge in [0.2, 0.25) is 11.8 Å². The second-order valence-electron chi connectivity index (χ2n) is 5.89. The minimum Gasteiger partial charge on any atom is -0.354 e. The highest BCUT2D eigenvalue weighted by atomic mass is 35.5. The molecule has 0 aliphatic rings. The van der Waals surface area contributed by atoms with E-state index in [1.807, 2.05) is 39.8 Å². The molecular weight excluding hydrogens is 312 g/mol. The number of hydrogen-bond acceptors (Lipinski definition) is 2. The van der Waals surface area contributed by atoms with Crippen LogP contribution in [-0.4, -0.2) is 24.9 Å². The smallest absolute Gasteiger partial charge is 0.223 e. The Morgan fingerprint density at radius 2 is 1.83 bits per heavy atom. The molecule has 2 amide bonds. The molecule has 5 heteroatoms. The summed E-state index contributed by atoms with van der Waals surface area (Å²) < 4.78 is 0. The summed E-state index contributed by atoms with van der Waals surface area (Å²) in [6.45, 7) is 10.3. The average Bonchev–Trinajstić information content (AvgIpc) is 2.45. The zero-order valence-corrected chi connectivity index (χ0v) is 15.5. The van der Waals surface area contributed by atoms with E-state index in [0.717, 1.165) is 29.7 Å². The van der Waals surface area contributed by atoms with Crippen molar-refractivity contribution in [1.29, 1.82) is 0 Å². The summed E-state index contributed by atoms with van der Waals surface area (Å²) in [4.78, 5) is 25.7. The molecule has 0 aromatic heterocycles. The third-order valence-electron chi connectivity index (χ3n) is 4.04. The molecule has 0 atom stereocenters. The van der Waals surface area contributed by atoms with E-state index in [0.29, 0.717) is 18.1 Å². The lowest BCUT2D eigenvalue weighted by molar-refractivity contribution is -0.125. The van der Waals surface area contributed by atoms with Gasteiger partial charge in [-0.25, -0.2) is 0 Å². The van der Waals surface area contributed by atoms with Gasteiger partial charge in [-0.2, -0.15) is 0 Å². The fourth-order valence-electron chi connectivity index (χ4n) is 2.77. The molecule has 0 saturated heterocycles. The number of benzene rings is 1. The second-order valence-corrected chi connectivity index (χ2v) is 6.29. The van der Waals surface area contributed by atoms with Crippen LogP contribution in [0.3, 0.4) is 0 Å². The largest absolute Gasteiger partial charge is 0.354 e. The highest BCUT2D eigenvalue weighted by Crippen LogP contribution is 2.31. The first-order valence-corrected chi connectivity index (χ1v) is 8.52. The lowest BCUT2D eigenvalue weighted by Crippen LogP contribution is -2.39. The van der Waals surface area contributed by atoms with Crippen molar-refractivity contribution in [3.63, 3.8) is 0 Å². The molecule has 0 unspecified atom stereocenters. The molecule has 128 valence electrons. The van der Waals surface area contributed by atoms with Crippen LogP contribution in [0.15, 0.2) is 12.1 Å². The van der Waals surface area contributed by atoms with E-state index in [9.17, 15) is 9.59 Å². The fraction of sp³-hybridized carbons (Fsp3) is 0.556. The molecule has 4 nitrogen and oxygen atoms in total. The van der Waals surface area contributed by atoms with Crippen LogP contribution >= 0.6 is 11.6 Å². The first kappa shape index (κ1) is 19.5. The minimum absolute atomic E-state index is 0.0328. The second kappa shape index (κ2) is 8.92. The first-order valence-electron chi connectivity index (χ1n) is 8.14. The van der Waals surface area contributed by atoms with Gasteiger partial charge in [0.25, 0.3) is 0 Å². The first-order chi connectivity index (χ1) is 10.8. The van der Waals surface area contributed by atoms with Crippen molar-refractivity contribution in [1.82, 2.24) is 5.32 Å². The maximum Gasteiger partial charge on any atom is 0.223 e. The molecule has 0 radical (unpaired) electrons. The van der Waals surface area contributed by atoms with Gasteiger partial charge in [-0.1, -0.05) is 31.5 Å². The summed E-state index contributed by atoms with van der Waals surface area (Å²) in [6, 6.07) is 3.85. The van der Waals surface area contributed by atoms with Crippen molar-refractivity contribution in [3.05, 3.63) is 28.3 Å². The Morgan fingerprint density at radius 1 is 1.22 bits per heavy atom. The van der Waals surface area contributed by atoms with E-state index < -0.39 is 0 Å². The topological polar surface area (TPSA) is 49.4 Å². The van der Waals surface area contributed by atoms with Gasteiger partial charge in [0.05, 0.1) is 10.7 Å². The maximum atomic E-state index is 12.0. The summed E-state index contributed by atoms with van der Waals surface area (Å²) in [5, 5.41) is 3.47. The van der Waals surface area contributed by atoms with E-state index in [-0.39, 0.29) is 17.7 Å². The Balaban J connectivity index is 2.82. The van der Waals surface area contributed by atoms with Gasteiger partial charge in [-0.15, -0.1) is 0 Å². The number of nitrogens with zero attached hydrogens (tertiary/aromatic N) is 1. The number of anilines is 1. The summed E-state index contributed by atoms with van der Waals surface area (Å²) in [7, 11) is 0. The van der Waals surface area contributed by atoms with Gasteiger partial charge < -0.3 is 10.2 Å². The van der Waals surface area contributed by atoms with Crippen molar-refractivity contribution in [2.45, 2.75) is 47.5 Å². The highest BCUT2D eigenvalue weighted by Gasteiger charge is 2.19. The van der Waals surface area contributed by atoms with Crippen molar-refractivity contribution < 1.29 is 9.59 Å². The van der Waals surface area contributed by atoms with Gasteiger partial charge in [0.15, 0.2) is 0 Å². The van der Waals surface area contributed by atoms with Gasteiger partial charge in [-0.05, 0) is 43.9 Å². The van der Waals surface area contributed by atoms with Crippen LogP contribution in [0, 0.1) is 19.8 Å². The van der Waals surface area contributed by atoms with Crippen molar-refractivity contribution >= 4 is 29.1 Å². The molecule has 1 rings (SSSR count). The highest BCUT2D eigenvalue weighted by molar-refractivity contribution is 6.34. The summed E-state index contributed by atoms with van der Waals surface area (Å²) in [6.07, 6.45) is 1.64. The fourth-order valence-corrected chi connectivity index (χ4v) is 3.19. The normalized spacial score (nSPS) is 10.7. The van der Waals surface area contributed by atoms with E-state index in [4.69, 9.17) is 11.6 Å². The Morgan fingerprint density at radius 3 is 2.30 bits per heavy atom. The lowest BCUT2D eigenvalue weighted by Gasteiger charge is -2.25. The van der Waals surface area contributed by atoms with Crippen LogP contribution in [0.2, 0.25) is 5.02 Å². The molecule has 0 saturated carbocycles. The number of amides is 2. The monoisotopic (exact) mass is 338 g/mol. The van der Waals surface area contributed by atoms with E-state index in [1.165, 1.54) is 6.92 Å². The Bertz CT molecular complexity index is 545. The van der Waals surface area contributed by atoms with Gasteiger partial charge in [0, 0.05) is 25.9 Å². The third-order valence-corrected chi connectivity index (χ3v) is 4.33. The number of carbonyl (C=O) groups is 2. The summed E-state index contributed by atoms with van der Waals surface area (Å²) in [5.41, 5.74) is 2.74. The zero-order chi connectivity index (χ0) is 17.6. The number of rotatable bonds is 7. The molecular formula is C18H27ClN2O2. The van der Waals surface area contributed by atoms with Crippen LogP contribution in [0.25, 0.3) is 0 Å². The number of hydrogen-bond donors (Lipinski definition) is 1. The van der Waals surface area contributed by atoms with Crippen molar-refractivity contribution in [2.24, 2.45) is 5.92 Å². The quantitative estimate of drug-likeness (QED) is 0.820. The number of aryl methyl sites for hydroxylation is 2. The molecule has 0 aliphatic carbocycles. The molecule has 1 aromatic rings.